The van der Waals surface area contributed by atoms with E-state index in [1.54, 1.807) is 13.8 Å². The summed E-state index contributed by atoms with van der Waals surface area (Å²) in [5.41, 5.74) is 1.27. The number of ether oxygens (including phenoxy) is 2. The Hall–Kier alpha value is -1.68. The highest BCUT2D eigenvalue weighted by atomic mass is 16.7. The van der Waals surface area contributed by atoms with Crippen LogP contribution in [0.5, 0.6) is 5.75 Å². The van der Waals surface area contributed by atoms with E-state index in [-0.39, 0.29) is 0 Å². The summed E-state index contributed by atoms with van der Waals surface area (Å²) in [6, 6.07) is 7.88. The minimum atomic E-state index is -1.07. The van der Waals surface area contributed by atoms with Crippen LogP contribution in [-0.2, 0) is 11.2 Å². The van der Waals surface area contributed by atoms with Crippen molar-refractivity contribution in [3.63, 3.8) is 0 Å². The zero-order chi connectivity index (χ0) is 13.6. The summed E-state index contributed by atoms with van der Waals surface area (Å²) in [5.74, 6) is -0.321. The highest BCUT2D eigenvalue weighted by molar-refractivity contribution is 5.29. The molecule has 0 N–H and O–H groups in total. The lowest BCUT2D eigenvalue weighted by atomic mass is 10.2. The second-order valence-corrected chi connectivity index (χ2v) is 4.05. The molecule has 0 radical (unpaired) electrons. The highest BCUT2D eigenvalue weighted by Crippen LogP contribution is 2.19. The van der Waals surface area contributed by atoms with E-state index in [0.29, 0.717) is 0 Å². The van der Waals surface area contributed by atoms with Crippen LogP contribution in [0.3, 0.4) is 0 Å². The molecule has 4 nitrogen and oxygen atoms in total. The molecular weight excluding hydrogens is 228 g/mol. The first-order chi connectivity index (χ1) is 8.53. The van der Waals surface area contributed by atoms with Crippen molar-refractivity contribution >= 4 is 13.4 Å². The van der Waals surface area contributed by atoms with Crippen molar-refractivity contribution in [3.8, 4) is 5.75 Å². The summed E-state index contributed by atoms with van der Waals surface area (Å²) in [7, 11) is 0. The summed E-state index contributed by atoms with van der Waals surface area (Å²) < 4.78 is 11.1. The van der Waals surface area contributed by atoms with Gasteiger partial charge in [-0.05, 0) is 44.5 Å². The fourth-order valence-corrected chi connectivity index (χ4v) is 1.46. The lowest BCUT2D eigenvalue weighted by Gasteiger charge is -2.24. The van der Waals surface area contributed by atoms with E-state index in [9.17, 15) is 0 Å². The zero-order valence-corrected chi connectivity index (χ0v) is 11.2. The van der Waals surface area contributed by atoms with Crippen LogP contribution < -0.4 is 4.74 Å². The number of aryl methyl sites for hydroxylation is 1. The van der Waals surface area contributed by atoms with Crippen LogP contribution in [0, 0.1) is 0 Å². The molecule has 0 aliphatic heterocycles. The summed E-state index contributed by atoms with van der Waals surface area (Å²) in [6.45, 7) is 12.4. The average Bonchev–Trinajstić information content (AvgIpc) is 2.39. The van der Waals surface area contributed by atoms with Crippen molar-refractivity contribution in [2.75, 3.05) is 0 Å². The minimum Gasteiger partial charge on any atom is -0.465 e. The first-order valence-electron chi connectivity index (χ1n) is 5.92. The predicted octanol–water partition coefficient (Wildman–Crippen LogP) is 3.07. The lowest BCUT2D eigenvalue weighted by Crippen LogP contribution is -2.31. The first-order valence-corrected chi connectivity index (χ1v) is 5.92. The molecule has 1 rings (SSSR count). The van der Waals surface area contributed by atoms with Gasteiger partial charge in [-0.3, -0.25) is 4.74 Å². The number of hydrogen-bond donors (Lipinski definition) is 0. The van der Waals surface area contributed by atoms with Crippen molar-refractivity contribution < 1.29 is 9.47 Å². The zero-order valence-electron chi connectivity index (χ0n) is 11.2. The van der Waals surface area contributed by atoms with Gasteiger partial charge in [0.05, 0.1) is 0 Å². The molecule has 0 spiro atoms. The quantitative estimate of drug-likeness (QED) is 0.550. The third-order valence-electron chi connectivity index (χ3n) is 2.61. The molecule has 0 saturated carbocycles. The van der Waals surface area contributed by atoms with Crippen LogP contribution in [0.15, 0.2) is 34.3 Å². The van der Waals surface area contributed by atoms with Gasteiger partial charge in [0.1, 0.15) is 5.75 Å². The van der Waals surface area contributed by atoms with Gasteiger partial charge in [0.15, 0.2) is 0 Å². The Morgan fingerprint density at radius 2 is 1.78 bits per heavy atom. The second-order valence-electron chi connectivity index (χ2n) is 4.05. The molecule has 0 amide bonds. The number of benzene rings is 1. The summed E-state index contributed by atoms with van der Waals surface area (Å²) in [4.78, 5) is 7.53. The Bertz CT molecular complexity index is 393. The van der Waals surface area contributed by atoms with Crippen LogP contribution in [0.2, 0.25) is 0 Å². The molecule has 1 unspecified atom stereocenters. The minimum absolute atomic E-state index is 0.488. The average molecular weight is 248 g/mol. The van der Waals surface area contributed by atoms with Crippen molar-refractivity contribution in [3.05, 3.63) is 29.8 Å². The fraction of sp³-hybridized carbons (Fsp3) is 0.429. The van der Waals surface area contributed by atoms with Crippen LogP contribution in [0.1, 0.15) is 26.3 Å². The number of aliphatic imine (C=N–C) groups is 2. The van der Waals surface area contributed by atoms with E-state index in [0.717, 1.165) is 12.2 Å². The fourth-order valence-electron chi connectivity index (χ4n) is 1.46. The van der Waals surface area contributed by atoms with E-state index in [2.05, 4.69) is 30.3 Å². The van der Waals surface area contributed by atoms with Gasteiger partial charge >= 0.3 is 0 Å². The SMILES string of the molecule is C=NC(C)(N=C)OC(C)Oc1ccc(CC)cc1. The van der Waals surface area contributed by atoms with Crippen LogP contribution in [0.25, 0.3) is 0 Å². The van der Waals surface area contributed by atoms with E-state index in [1.807, 2.05) is 24.3 Å². The van der Waals surface area contributed by atoms with E-state index in [4.69, 9.17) is 9.47 Å². The van der Waals surface area contributed by atoms with Crippen molar-refractivity contribution in [1.82, 2.24) is 0 Å². The van der Waals surface area contributed by atoms with Gasteiger partial charge in [-0.25, -0.2) is 9.98 Å². The number of nitrogens with zero attached hydrogens (tertiary/aromatic N) is 2. The van der Waals surface area contributed by atoms with Gasteiger partial charge in [0, 0.05) is 6.92 Å². The summed E-state index contributed by atoms with van der Waals surface area (Å²) in [6.07, 6.45) is 0.518. The van der Waals surface area contributed by atoms with Crippen LogP contribution >= 0.6 is 0 Å². The molecule has 0 aliphatic rings. The monoisotopic (exact) mass is 248 g/mol. The molecular formula is C14H20N2O2. The van der Waals surface area contributed by atoms with Gasteiger partial charge in [0.25, 0.3) is 5.85 Å². The smallest absolute Gasteiger partial charge is 0.255 e. The Morgan fingerprint density at radius 1 is 1.22 bits per heavy atom. The molecule has 4 heteroatoms. The van der Waals surface area contributed by atoms with Crippen molar-refractivity contribution in [2.45, 2.75) is 39.3 Å². The Balaban J connectivity index is 2.61. The maximum Gasteiger partial charge on any atom is 0.255 e. The van der Waals surface area contributed by atoms with Crippen LogP contribution in [0.4, 0.5) is 0 Å². The third-order valence-corrected chi connectivity index (χ3v) is 2.61. The third kappa shape index (κ3) is 3.96. The summed E-state index contributed by atoms with van der Waals surface area (Å²) in [5, 5.41) is 0. The molecule has 0 bridgehead atoms. The van der Waals surface area contributed by atoms with Crippen LogP contribution in [-0.4, -0.2) is 25.6 Å². The molecule has 1 aromatic carbocycles. The summed E-state index contributed by atoms with van der Waals surface area (Å²) >= 11 is 0. The molecule has 0 fully saturated rings. The normalized spacial score (nSPS) is 12.8. The Labute approximate surface area is 108 Å². The number of rotatable bonds is 7. The molecule has 1 aromatic rings. The van der Waals surface area contributed by atoms with Gasteiger partial charge < -0.3 is 4.74 Å². The molecule has 0 aliphatic carbocycles. The van der Waals surface area contributed by atoms with E-state index < -0.39 is 12.1 Å². The molecule has 98 valence electrons. The lowest BCUT2D eigenvalue weighted by molar-refractivity contribution is -0.147. The first kappa shape index (κ1) is 14.4. The van der Waals surface area contributed by atoms with Gasteiger partial charge in [-0.15, -0.1) is 0 Å². The second kappa shape index (κ2) is 6.31. The molecule has 0 heterocycles. The van der Waals surface area contributed by atoms with Gasteiger partial charge in [-0.2, -0.15) is 0 Å². The Morgan fingerprint density at radius 3 is 2.22 bits per heavy atom. The molecule has 0 aromatic heterocycles. The maximum atomic E-state index is 5.62. The van der Waals surface area contributed by atoms with Gasteiger partial charge in [0.2, 0.25) is 6.29 Å². The topological polar surface area (TPSA) is 43.2 Å². The standard InChI is InChI=1S/C14H20N2O2/c1-6-12-7-9-13(10-8-12)17-11(2)18-14(3,15-4)16-5/h7-11H,4-6H2,1-3H3. The largest absolute Gasteiger partial charge is 0.465 e. The molecule has 18 heavy (non-hydrogen) atoms. The maximum absolute atomic E-state index is 5.62. The van der Waals surface area contributed by atoms with E-state index in [1.165, 1.54) is 5.56 Å². The van der Waals surface area contributed by atoms with Gasteiger partial charge in [-0.1, -0.05) is 19.1 Å². The Kier molecular flexibility index (Phi) is 5.04. The van der Waals surface area contributed by atoms with E-state index >= 15 is 0 Å². The van der Waals surface area contributed by atoms with Crippen molar-refractivity contribution in [1.29, 1.82) is 0 Å². The highest BCUT2D eigenvalue weighted by Gasteiger charge is 2.23. The molecule has 1 atom stereocenters. The predicted molar refractivity (Wildman–Crippen MR) is 74.5 cm³/mol. The number of hydrogen-bond acceptors (Lipinski definition) is 4. The van der Waals surface area contributed by atoms with Crippen molar-refractivity contribution in [2.24, 2.45) is 9.98 Å². The molecule has 0 saturated heterocycles.